The van der Waals surface area contributed by atoms with Crippen LogP contribution in [0.2, 0.25) is 0 Å². The highest BCUT2D eigenvalue weighted by molar-refractivity contribution is 6.11. The van der Waals surface area contributed by atoms with Crippen molar-refractivity contribution in [3.63, 3.8) is 0 Å². The maximum absolute atomic E-state index is 12.3. The molecular formula is C13H11F3N2O5. The van der Waals surface area contributed by atoms with E-state index in [1.807, 2.05) is 0 Å². The van der Waals surface area contributed by atoms with E-state index in [-0.39, 0.29) is 18.5 Å². The minimum atomic E-state index is -4.85. The maximum atomic E-state index is 12.3. The number of carbonyl (C=O) groups excluding carboxylic acids is 3. The van der Waals surface area contributed by atoms with Crippen LogP contribution in [0.3, 0.4) is 0 Å². The Morgan fingerprint density at radius 3 is 2.39 bits per heavy atom. The first-order valence-corrected chi connectivity index (χ1v) is 6.36. The van der Waals surface area contributed by atoms with Crippen LogP contribution in [0, 0.1) is 0 Å². The number of ether oxygens (including phenoxy) is 1. The third-order valence-corrected chi connectivity index (χ3v) is 3.17. The largest absolute Gasteiger partial charge is 0.573 e. The highest BCUT2D eigenvalue weighted by atomic mass is 19.4. The number of benzene rings is 1. The smallest absolute Gasteiger partial charge is 0.406 e. The zero-order chi connectivity index (χ0) is 17.2. The Hall–Kier alpha value is -2.62. The van der Waals surface area contributed by atoms with E-state index in [0.29, 0.717) is 0 Å². The normalized spacial score (nSPS) is 18.0. The summed E-state index contributed by atoms with van der Waals surface area (Å²) in [4.78, 5) is 36.3. The second-order valence-electron chi connectivity index (χ2n) is 4.67. The van der Waals surface area contributed by atoms with Crippen LogP contribution < -0.4 is 10.2 Å². The van der Waals surface area contributed by atoms with Gasteiger partial charge in [0.2, 0.25) is 0 Å². The Morgan fingerprint density at radius 1 is 1.26 bits per heavy atom. The van der Waals surface area contributed by atoms with Crippen molar-refractivity contribution in [2.75, 3.05) is 6.54 Å². The molecule has 2 rings (SSSR count). The van der Waals surface area contributed by atoms with E-state index in [4.69, 9.17) is 5.21 Å². The number of ketones is 1. The van der Waals surface area contributed by atoms with Gasteiger partial charge in [0.1, 0.15) is 5.75 Å². The molecule has 1 aromatic rings. The van der Waals surface area contributed by atoms with Crippen LogP contribution in [0.15, 0.2) is 24.3 Å². The molecule has 1 aliphatic rings. The minimum absolute atomic E-state index is 0.0232. The summed E-state index contributed by atoms with van der Waals surface area (Å²) in [6, 6.07) is 2.60. The summed E-state index contributed by atoms with van der Waals surface area (Å²) in [6.07, 6.45) is -4.91. The van der Waals surface area contributed by atoms with Crippen LogP contribution in [-0.2, 0) is 9.59 Å². The Labute approximate surface area is 127 Å². The number of Topliss-reactive ketones (excluding diaryl/α,β-unsaturated/α-hetero) is 1. The van der Waals surface area contributed by atoms with Crippen molar-refractivity contribution in [1.29, 1.82) is 0 Å². The molecule has 1 heterocycles. The number of nitrogens with zero attached hydrogens (tertiary/aromatic N) is 1. The molecule has 1 atom stereocenters. The van der Waals surface area contributed by atoms with E-state index in [9.17, 15) is 27.6 Å². The molecule has 10 heteroatoms. The van der Waals surface area contributed by atoms with Crippen LogP contribution in [0.4, 0.5) is 13.2 Å². The van der Waals surface area contributed by atoms with Gasteiger partial charge in [0.15, 0.2) is 11.8 Å². The fourth-order valence-electron chi connectivity index (χ4n) is 2.20. The lowest BCUT2D eigenvalue weighted by atomic mass is 10.1. The minimum Gasteiger partial charge on any atom is -0.406 e. The summed E-state index contributed by atoms with van der Waals surface area (Å²) in [5, 5.41) is 8.61. The number of hydroxylamine groups is 1. The molecule has 1 fully saturated rings. The summed E-state index contributed by atoms with van der Waals surface area (Å²) in [7, 11) is 0. The fraction of sp³-hybridized carbons (Fsp3) is 0.308. The zero-order valence-electron chi connectivity index (χ0n) is 11.5. The van der Waals surface area contributed by atoms with Crippen molar-refractivity contribution in [1.82, 2.24) is 10.4 Å². The van der Waals surface area contributed by atoms with Crippen molar-refractivity contribution < 1.29 is 37.5 Å². The average molecular weight is 332 g/mol. The van der Waals surface area contributed by atoms with Crippen LogP contribution in [-0.4, -0.2) is 46.7 Å². The first-order valence-electron chi connectivity index (χ1n) is 6.36. The molecule has 1 saturated heterocycles. The Balaban J connectivity index is 2.17. The highest BCUT2D eigenvalue weighted by Gasteiger charge is 2.41. The quantitative estimate of drug-likeness (QED) is 0.486. The molecule has 0 spiro atoms. The lowest BCUT2D eigenvalue weighted by Crippen LogP contribution is -2.48. The van der Waals surface area contributed by atoms with E-state index in [0.717, 1.165) is 29.2 Å². The summed E-state index contributed by atoms with van der Waals surface area (Å²) in [5.74, 6) is -2.81. The maximum Gasteiger partial charge on any atom is 0.573 e. The molecule has 0 saturated carbocycles. The molecule has 0 aromatic heterocycles. The second-order valence-corrected chi connectivity index (χ2v) is 4.67. The summed E-state index contributed by atoms with van der Waals surface area (Å²) < 4.78 is 39.9. The number of amides is 2. The molecule has 2 amide bonds. The first kappa shape index (κ1) is 16.7. The Bertz CT molecular complexity index is 629. The molecule has 7 nitrogen and oxygen atoms in total. The molecule has 124 valence electrons. The van der Waals surface area contributed by atoms with Gasteiger partial charge in [0.05, 0.1) is 0 Å². The summed E-state index contributed by atoms with van der Waals surface area (Å²) >= 11 is 0. The van der Waals surface area contributed by atoms with E-state index >= 15 is 0 Å². The van der Waals surface area contributed by atoms with Crippen LogP contribution in [0.5, 0.6) is 5.75 Å². The predicted octanol–water partition coefficient (Wildman–Crippen LogP) is 0.874. The summed E-state index contributed by atoms with van der Waals surface area (Å²) in [6.45, 7) is -0.0312. The number of likely N-dealkylation sites (tertiary alicyclic amines) is 1. The number of hydrogen-bond acceptors (Lipinski definition) is 5. The molecule has 0 aliphatic carbocycles. The van der Waals surface area contributed by atoms with Gasteiger partial charge in [-0.15, -0.1) is 13.2 Å². The number of rotatable bonds is 3. The van der Waals surface area contributed by atoms with Crippen molar-refractivity contribution in [3.8, 4) is 5.75 Å². The number of nitrogens with one attached hydrogen (secondary N) is 1. The van der Waals surface area contributed by atoms with E-state index in [1.54, 1.807) is 0 Å². The van der Waals surface area contributed by atoms with Crippen LogP contribution in [0.25, 0.3) is 0 Å². The monoisotopic (exact) mass is 332 g/mol. The third-order valence-electron chi connectivity index (χ3n) is 3.17. The SMILES string of the molecule is O=C1CCN(C(=O)c2ccc(OC(F)(F)F)cc2)[C@@H]1C(=O)NO. The second kappa shape index (κ2) is 6.24. The first-order chi connectivity index (χ1) is 10.7. The standard InChI is InChI=1S/C13H11F3N2O5/c14-13(15,16)23-8-3-1-7(2-4-8)12(21)18-6-5-9(19)10(18)11(20)17-22/h1-4,10,22H,5-6H2,(H,17,20)/t10-/m0/s1. The van der Waals surface area contributed by atoms with Gasteiger partial charge in [0, 0.05) is 18.5 Å². The van der Waals surface area contributed by atoms with Crippen LogP contribution in [0.1, 0.15) is 16.8 Å². The number of alkyl halides is 3. The van der Waals surface area contributed by atoms with Crippen molar-refractivity contribution >= 4 is 17.6 Å². The van der Waals surface area contributed by atoms with Crippen molar-refractivity contribution in [2.45, 2.75) is 18.8 Å². The van der Waals surface area contributed by atoms with Gasteiger partial charge in [0.25, 0.3) is 11.8 Å². The lowest BCUT2D eigenvalue weighted by molar-refractivity contribution is -0.274. The molecule has 1 aromatic carbocycles. The van der Waals surface area contributed by atoms with Gasteiger partial charge in [-0.05, 0) is 24.3 Å². The fourth-order valence-corrected chi connectivity index (χ4v) is 2.20. The molecule has 0 bridgehead atoms. The van der Waals surface area contributed by atoms with Crippen molar-refractivity contribution in [2.24, 2.45) is 0 Å². The number of hydrogen-bond donors (Lipinski definition) is 2. The zero-order valence-corrected chi connectivity index (χ0v) is 11.5. The Kier molecular flexibility index (Phi) is 4.55. The lowest BCUT2D eigenvalue weighted by Gasteiger charge is -2.21. The van der Waals surface area contributed by atoms with E-state index < -0.39 is 35.8 Å². The Morgan fingerprint density at radius 2 is 1.87 bits per heavy atom. The topological polar surface area (TPSA) is 95.9 Å². The summed E-state index contributed by atoms with van der Waals surface area (Å²) in [5.41, 5.74) is 1.29. The van der Waals surface area contributed by atoms with Gasteiger partial charge in [-0.3, -0.25) is 19.6 Å². The molecule has 23 heavy (non-hydrogen) atoms. The predicted molar refractivity (Wildman–Crippen MR) is 67.5 cm³/mol. The van der Waals surface area contributed by atoms with Crippen LogP contribution >= 0.6 is 0 Å². The van der Waals surface area contributed by atoms with Gasteiger partial charge >= 0.3 is 6.36 Å². The molecule has 0 radical (unpaired) electrons. The molecule has 2 N–H and O–H groups in total. The van der Waals surface area contributed by atoms with Gasteiger partial charge in [-0.1, -0.05) is 0 Å². The molecular weight excluding hydrogens is 321 g/mol. The molecule has 0 unspecified atom stereocenters. The van der Waals surface area contributed by atoms with Gasteiger partial charge in [-0.25, -0.2) is 5.48 Å². The van der Waals surface area contributed by atoms with Crippen molar-refractivity contribution in [3.05, 3.63) is 29.8 Å². The highest BCUT2D eigenvalue weighted by Crippen LogP contribution is 2.24. The van der Waals surface area contributed by atoms with E-state index in [2.05, 4.69) is 4.74 Å². The number of carbonyl (C=O) groups is 3. The molecule has 1 aliphatic heterocycles. The van der Waals surface area contributed by atoms with Gasteiger partial charge in [-0.2, -0.15) is 0 Å². The third kappa shape index (κ3) is 3.77. The average Bonchev–Trinajstić information content (AvgIpc) is 2.86. The van der Waals surface area contributed by atoms with E-state index in [1.165, 1.54) is 5.48 Å². The van der Waals surface area contributed by atoms with Gasteiger partial charge < -0.3 is 9.64 Å². The number of halogens is 3.